The van der Waals surface area contributed by atoms with Gasteiger partial charge in [-0.3, -0.25) is 9.59 Å². The van der Waals surface area contributed by atoms with Crippen LogP contribution < -0.4 is 0 Å². The third-order valence-electron chi connectivity index (χ3n) is 6.19. The van der Waals surface area contributed by atoms with E-state index in [4.69, 9.17) is 4.74 Å². The van der Waals surface area contributed by atoms with E-state index >= 15 is 0 Å². The summed E-state index contributed by atoms with van der Waals surface area (Å²) in [6.45, 7) is 12.5. The molecule has 1 saturated heterocycles. The molecule has 1 aliphatic rings. The smallest absolute Gasteiger partial charge is 0.327 e. The molecule has 0 spiro atoms. The van der Waals surface area contributed by atoms with E-state index in [1.54, 1.807) is 11.3 Å². The number of aliphatic hydroxyl groups is 1. The number of thiophene rings is 1. The minimum atomic E-state index is -0.826. The minimum Gasteiger partial charge on any atom is -0.457 e. The van der Waals surface area contributed by atoms with Crippen LogP contribution in [0.5, 0.6) is 0 Å². The number of esters is 1. The molecular weight excluding hydrogens is 440 g/mol. The Morgan fingerprint density at radius 2 is 1.88 bits per heavy atom. The summed E-state index contributed by atoms with van der Waals surface area (Å²) in [4.78, 5) is 29.4. The number of carbonyl (C=O) groups is 2. The second kappa shape index (κ2) is 9.70. The van der Waals surface area contributed by atoms with E-state index in [-0.39, 0.29) is 30.1 Å². The topological polar surface area (TPSA) is 63.6 Å². The van der Waals surface area contributed by atoms with Crippen LogP contribution in [0.1, 0.15) is 68.3 Å². The molecule has 174 valence electrons. The standard InChI is InChI=1S/C26H34O4S2/c1-16(2)26(12-11-18-8-9-19(15-27)31-18)14-21(28)23(24(29)30-26)32-22-13-17(3)7-10-20(22)25(4,5)6/h7-10,13,16,23,27H,11-12,14-15H2,1-6H3. The zero-order valence-corrected chi connectivity index (χ0v) is 21.5. The Bertz CT molecular complexity index is 966. The van der Waals surface area contributed by atoms with Crippen molar-refractivity contribution in [2.75, 3.05) is 0 Å². The highest BCUT2D eigenvalue weighted by atomic mass is 32.2. The van der Waals surface area contributed by atoms with Crippen LogP contribution in [0.2, 0.25) is 0 Å². The predicted molar refractivity (Wildman–Crippen MR) is 131 cm³/mol. The molecule has 0 saturated carbocycles. The number of aryl methyl sites for hydroxylation is 2. The fourth-order valence-electron chi connectivity index (χ4n) is 4.12. The molecule has 1 fully saturated rings. The van der Waals surface area contributed by atoms with Gasteiger partial charge in [-0.25, -0.2) is 0 Å². The van der Waals surface area contributed by atoms with Crippen LogP contribution in [0.3, 0.4) is 0 Å². The Balaban J connectivity index is 1.80. The van der Waals surface area contributed by atoms with Crippen molar-refractivity contribution in [3.8, 4) is 0 Å². The number of aliphatic hydroxyl groups excluding tert-OH is 1. The van der Waals surface area contributed by atoms with Crippen molar-refractivity contribution in [2.24, 2.45) is 5.92 Å². The molecule has 1 aromatic carbocycles. The lowest BCUT2D eigenvalue weighted by Crippen LogP contribution is -2.52. The van der Waals surface area contributed by atoms with E-state index in [0.29, 0.717) is 12.8 Å². The van der Waals surface area contributed by atoms with Gasteiger partial charge in [-0.1, -0.05) is 46.8 Å². The quantitative estimate of drug-likeness (QED) is 0.403. The fourth-order valence-corrected chi connectivity index (χ4v) is 6.37. The Kier molecular flexibility index (Phi) is 7.58. The van der Waals surface area contributed by atoms with Gasteiger partial charge in [0.15, 0.2) is 11.0 Å². The van der Waals surface area contributed by atoms with E-state index in [1.807, 2.05) is 32.9 Å². The van der Waals surface area contributed by atoms with E-state index in [1.165, 1.54) is 11.8 Å². The van der Waals surface area contributed by atoms with Crippen molar-refractivity contribution in [2.45, 2.75) is 88.6 Å². The molecular formula is C26H34O4S2. The molecule has 2 heterocycles. The number of cyclic esters (lactones) is 1. The summed E-state index contributed by atoms with van der Waals surface area (Å²) < 4.78 is 6.08. The van der Waals surface area contributed by atoms with Crippen LogP contribution in [0.25, 0.3) is 0 Å². The summed E-state index contributed by atoms with van der Waals surface area (Å²) in [5, 5.41) is 8.48. The van der Waals surface area contributed by atoms with E-state index in [2.05, 4.69) is 39.0 Å². The van der Waals surface area contributed by atoms with Crippen molar-refractivity contribution in [1.82, 2.24) is 0 Å². The van der Waals surface area contributed by atoms with Crippen LogP contribution in [0.15, 0.2) is 35.2 Å². The van der Waals surface area contributed by atoms with Crippen LogP contribution in [-0.4, -0.2) is 27.7 Å². The zero-order valence-electron chi connectivity index (χ0n) is 19.9. The molecule has 0 amide bonds. The lowest BCUT2D eigenvalue weighted by Gasteiger charge is -2.41. The summed E-state index contributed by atoms with van der Waals surface area (Å²) in [6, 6.07) is 10.1. The van der Waals surface area contributed by atoms with Gasteiger partial charge in [-0.2, -0.15) is 0 Å². The number of hydrogen-bond donors (Lipinski definition) is 1. The van der Waals surface area contributed by atoms with E-state index in [9.17, 15) is 14.7 Å². The minimum absolute atomic E-state index is 0.0296. The van der Waals surface area contributed by atoms with Crippen LogP contribution in [0, 0.1) is 12.8 Å². The largest absolute Gasteiger partial charge is 0.457 e. The summed E-state index contributed by atoms with van der Waals surface area (Å²) >= 11 is 2.89. The van der Waals surface area contributed by atoms with Gasteiger partial charge < -0.3 is 9.84 Å². The highest BCUT2D eigenvalue weighted by Gasteiger charge is 2.49. The van der Waals surface area contributed by atoms with Gasteiger partial charge in [-0.05, 0) is 60.4 Å². The highest BCUT2D eigenvalue weighted by Crippen LogP contribution is 2.42. The first-order valence-electron chi connectivity index (χ1n) is 11.2. The zero-order chi connectivity index (χ0) is 23.7. The molecule has 2 aromatic rings. The third-order valence-corrected chi connectivity index (χ3v) is 8.61. The lowest BCUT2D eigenvalue weighted by atomic mass is 9.79. The Morgan fingerprint density at radius 1 is 1.19 bits per heavy atom. The summed E-state index contributed by atoms with van der Waals surface area (Å²) in [5.41, 5.74) is 1.36. The Morgan fingerprint density at radius 3 is 2.44 bits per heavy atom. The van der Waals surface area contributed by atoms with Gasteiger partial charge in [0, 0.05) is 21.1 Å². The van der Waals surface area contributed by atoms with Crippen molar-refractivity contribution in [3.05, 3.63) is 51.2 Å². The molecule has 3 rings (SSSR count). The highest BCUT2D eigenvalue weighted by molar-refractivity contribution is 8.01. The lowest BCUT2D eigenvalue weighted by molar-refractivity contribution is -0.176. The average Bonchev–Trinajstić information content (AvgIpc) is 3.16. The second-order valence-electron chi connectivity index (χ2n) is 10.1. The van der Waals surface area contributed by atoms with Gasteiger partial charge in [-0.15, -0.1) is 23.1 Å². The monoisotopic (exact) mass is 474 g/mol. The summed E-state index contributed by atoms with van der Waals surface area (Å²) in [7, 11) is 0. The fraction of sp³-hybridized carbons (Fsp3) is 0.538. The van der Waals surface area contributed by atoms with Crippen molar-refractivity contribution < 1.29 is 19.4 Å². The van der Waals surface area contributed by atoms with Crippen molar-refractivity contribution >= 4 is 34.9 Å². The normalized spacial score (nSPS) is 21.8. The number of rotatable bonds is 7. The van der Waals surface area contributed by atoms with Crippen molar-refractivity contribution in [1.29, 1.82) is 0 Å². The predicted octanol–water partition coefficient (Wildman–Crippen LogP) is 5.85. The van der Waals surface area contributed by atoms with Crippen LogP contribution >= 0.6 is 23.1 Å². The molecule has 1 aromatic heterocycles. The van der Waals surface area contributed by atoms with Crippen LogP contribution in [-0.2, 0) is 32.8 Å². The molecule has 1 aliphatic heterocycles. The van der Waals surface area contributed by atoms with Gasteiger partial charge in [0.25, 0.3) is 0 Å². The maximum absolute atomic E-state index is 13.3. The van der Waals surface area contributed by atoms with Gasteiger partial charge >= 0.3 is 5.97 Å². The maximum Gasteiger partial charge on any atom is 0.327 e. The van der Waals surface area contributed by atoms with Crippen molar-refractivity contribution in [3.63, 3.8) is 0 Å². The van der Waals surface area contributed by atoms with Gasteiger partial charge in [0.05, 0.1) is 6.61 Å². The molecule has 6 heteroatoms. The first-order chi connectivity index (χ1) is 14.9. The van der Waals surface area contributed by atoms with E-state index < -0.39 is 16.8 Å². The number of carbonyl (C=O) groups excluding carboxylic acids is 2. The first kappa shape index (κ1) is 25.0. The molecule has 0 aliphatic carbocycles. The average molecular weight is 475 g/mol. The molecule has 0 bridgehead atoms. The molecule has 4 nitrogen and oxygen atoms in total. The molecule has 2 unspecified atom stereocenters. The van der Waals surface area contributed by atoms with Gasteiger partial charge in [0.2, 0.25) is 0 Å². The Hall–Kier alpha value is -1.63. The first-order valence-corrected chi connectivity index (χ1v) is 12.9. The summed E-state index contributed by atoms with van der Waals surface area (Å²) in [5.74, 6) is -0.449. The number of hydrogen-bond acceptors (Lipinski definition) is 6. The molecule has 0 radical (unpaired) electrons. The molecule has 32 heavy (non-hydrogen) atoms. The van der Waals surface area contributed by atoms with Gasteiger partial charge in [0.1, 0.15) is 5.60 Å². The number of ketones is 1. The second-order valence-corrected chi connectivity index (χ2v) is 12.5. The number of benzene rings is 1. The number of thioether (sulfide) groups is 1. The Labute approximate surface area is 199 Å². The third kappa shape index (κ3) is 5.46. The molecule has 2 atom stereocenters. The number of ether oxygens (including phenoxy) is 1. The van der Waals surface area contributed by atoms with Crippen LogP contribution in [0.4, 0.5) is 0 Å². The van der Waals surface area contributed by atoms with E-state index in [0.717, 1.165) is 25.8 Å². The maximum atomic E-state index is 13.3. The SMILES string of the molecule is Cc1ccc(C(C)(C)C)c(SC2C(=O)CC(CCc3ccc(CO)s3)(C(C)C)OC2=O)c1. The molecule has 1 N–H and O–H groups in total. The number of Topliss-reactive ketones (excluding diaryl/α,β-unsaturated/α-hetero) is 1. The summed E-state index contributed by atoms with van der Waals surface area (Å²) in [6.07, 6.45) is 1.55.